The summed E-state index contributed by atoms with van der Waals surface area (Å²) in [5.41, 5.74) is 0. The summed E-state index contributed by atoms with van der Waals surface area (Å²) >= 11 is 0. The Morgan fingerprint density at radius 1 is 1.12 bits per heavy atom. The van der Waals surface area contributed by atoms with Crippen molar-refractivity contribution in [1.82, 2.24) is 10.6 Å². The summed E-state index contributed by atoms with van der Waals surface area (Å²) in [5.74, 6) is 1.40. The molecule has 2 N–H and O–H groups in total. The molecule has 0 aromatic rings. The predicted octanol–water partition coefficient (Wildman–Crippen LogP) is 1.68. The number of carbonyl (C=O) groups excluding carboxylic acids is 1. The van der Waals surface area contributed by atoms with Gasteiger partial charge in [-0.05, 0) is 31.6 Å². The van der Waals surface area contributed by atoms with Gasteiger partial charge in [0.15, 0.2) is 0 Å². The lowest BCUT2D eigenvalue weighted by atomic mass is 9.86. The van der Waals surface area contributed by atoms with Gasteiger partial charge in [0, 0.05) is 25.0 Å². The molecule has 92 valence electrons. The van der Waals surface area contributed by atoms with Crippen molar-refractivity contribution in [2.75, 3.05) is 13.1 Å². The number of hydrogen-bond acceptors (Lipinski definition) is 2. The zero-order valence-electron chi connectivity index (χ0n) is 10.3. The van der Waals surface area contributed by atoms with Crippen LogP contribution in [-0.4, -0.2) is 25.0 Å². The van der Waals surface area contributed by atoms with Crippen molar-refractivity contribution in [3.8, 4) is 0 Å². The van der Waals surface area contributed by atoms with Crippen LogP contribution < -0.4 is 10.6 Å². The van der Waals surface area contributed by atoms with E-state index in [1.165, 1.54) is 25.7 Å². The molecular formula is C13H24N2O. The van der Waals surface area contributed by atoms with Gasteiger partial charge in [-0.1, -0.05) is 19.8 Å². The SMILES string of the molecule is CC1CCCCC1NCCNC(=O)C1CC1. The van der Waals surface area contributed by atoms with Crippen molar-refractivity contribution in [1.29, 1.82) is 0 Å². The van der Waals surface area contributed by atoms with E-state index in [2.05, 4.69) is 17.6 Å². The van der Waals surface area contributed by atoms with Crippen LogP contribution in [0.25, 0.3) is 0 Å². The number of carbonyl (C=O) groups is 1. The maximum absolute atomic E-state index is 11.4. The molecule has 0 spiro atoms. The zero-order valence-corrected chi connectivity index (χ0v) is 10.3. The first kappa shape index (κ1) is 11.9. The minimum absolute atomic E-state index is 0.262. The summed E-state index contributed by atoms with van der Waals surface area (Å²) < 4.78 is 0. The molecule has 0 aliphatic heterocycles. The van der Waals surface area contributed by atoms with E-state index in [1.807, 2.05) is 0 Å². The van der Waals surface area contributed by atoms with Crippen LogP contribution in [0.3, 0.4) is 0 Å². The van der Waals surface area contributed by atoms with E-state index >= 15 is 0 Å². The molecule has 3 nitrogen and oxygen atoms in total. The fourth-order valence-corrected chi connectivity index (χ4v) is 2.55. The highest BCUT2D eigenvalue weighted by Gasteiger charge is 2.29. The maximum atomic E-state index is 11.4. The number of hydrogen-bond donors (Lipinski definition) is 2. The van der Waals surface area contributed by atoms with Gasteiger partial charge in [-0.3, -0.25) is 4.79 Å². The van der Waals surface area contributed by atoms with E-state index in [-0.39, 0.29) is 5.91 Å². The fraction of sp³-hybridized carbons (Fsp3) is 0.923. The minimum atomic E-state index is 0.262. The van der Waals surface area contributed by atoms with Crippen LogP contribution in [-0.2, 0) is 4.79 Å². The first-order valence-corrected chi connectivity index (χ1v) is 6.78. The molecule has 2 aliphatic rings. The van der Waals surface area contributed by atoms with Crippen LogP contribution in [0, 0.1) is 11.8 Å². The minimum Gasteiger partial charge on any atom is -0.355 e. The summed E-state index contributed by atoms with van der Waals surface area (Å²) in [6.07, 6.45) is 7.59. The highest BCUT2D eigenvalue weighted by atomic mass is 16.2. The highest BCUT2D eigenvalue weighted by molar-refractivity contribution is 5.80. The lowest BCUT2D eigenvalue weighted by Crippen LogP contribution is -2.41. The number of rotatable bonds is 5. The van der Waals surface area contributed by atoms with Gasteiger partial charge in [-0.25, -0.2) is 0 Å². The van der Waals surface area contributed by atoms with Crippen molar-refractivity contribution in [2.45, 2.75) is 51.5 Å². The van der Waals surface area contributed by atoms with Gasteiger partial charge in [0.2, 0.25) is 5.91 Å². The van der Waals surface area contributed by atoms with Gasteiger partial charge in [0.25, 0.3) is 0 Å². The molecule has 1 amide bonds. The van der Waals surface area contributed by atoms with Crippen molar-refractivity contribution >= 4 is 5.91 Å². The van der Waals surface area contributed by atoms with Crippen molar-refractivity contribution in [2.24, 2.45) is 11.8 Å². The molecule has 0 aromatic heterocycles. The lowest BCUT2D eigenvalue weighted by Gasteiger charge is -2.29. The van der Waals surface area contributed by atoms with Crippen LogP contribution in [0.15, 0.2) is 0 Å². The molecule has 0 aromatic carbocycles. The average Bonchev–Trinajstić information content (AvgIpc) is 3.10. The average molecular weight is 224 g/mol. The Kier molecular flexibility index (Phi) is 4.22. The first-order valence-electron chi connectivity index (χ1n) is 6.78. The molecule has 2 aliphatic carbocycles. The van der Waals surface area contributed by atoms with E-state index in [9.17, 15) is 4.79 Å². The molecule has 0 radical (unpaired) electrons. The van der Waals surface area contributed by atoms with Gasteiger partial charge in [0.05, 0.1) is 0 Å². The highest BCUT2D eigenvalue weighted by Crippen LogP contribution is 2.28. The van der Waals surface area contributed by atoms with Gasteiger partial charge in [-0.15, -0.1) is 0 Å². The monoisotopic (exact) mass is 224 g/mol. The molecule has 3 heteroatoms. The molecular weight excluding hydrogens is 200 g/mol. The van der Waals surface area contributed by atoms with Crippen LogP contribution in [0.2, 0.25) is 0 Å². The molecule has 2 atom stereocenters. The lowest BCUT2D eigenvalue weighted by molar-refractivity contribution is -0.122. The van der Waals surface area contributed by atoms with Crippen LogP contribution in [0.5, 0.6) is 0 Å². The standard InChI is InChI=1S/C13H24N2O/c1-10-4-2-3-5-12(10)14-8-9-15-13(16)11-6-7-11/h10-12,14H,2-9H2,1H3,(H,15,16). The Balaban J connectivity index is 1.54. The van der Waals surface area contributed by atoms with Gasteiger partial charge in [0.1, 0.15) is 0 Å². The van der Waals surface area contributed by atoms with Crippen LogP contribution in [0.1, 0.15) is 45.4 Å². The van der Waals surface area contributed by atoms with E-state index in [4.69, 9.17) is 0 Å². The summed E-state index contributed by atoms with van der Waals surface area (Å²) in [4.78, 5) is 11.4. The number of nitrogens with one attached hydrogen (secondary N) is 2. The van der Waals surface area contributed by atoms with Crippen LogP contribution >= 0.6 is 0 Å². The Bertz CT molecular complexity index is 238. The number of amides is 1. The zero-order chi connectivity index (χ0) is 11.4. The maximum Gasteiger partial charge on any atom is 0.223 e. The first-order chi connectivity index (χ1) is 7.77. The van der Waals surface area contributed by atoms with E-state index in [0.717, 1.165) is 31.8 Å². The molecule has 0 heterocycles. The summed E-state index contributed by atoms with van der Waals surface area (Å²) in [6, 6.07) is 0.673. The smallest absolute Gasteiger partial charge is 0.223 e. The van der Waals surface area contributed by atoms with E-state index in [0.29, 0.717) is 12.0 Å². The Morgan fingerprint density at radius 2 is 1.88 bits per heavy atom. The van der Waals surface area contributed by atoms with Crippen molar-refractivity contribution in [3.05, 3.63) is 0 Å². The third kappa shape index (κ3) is 3.48. The second-order valence-corrected chi connectivity index (χ2v) is 5.39. The molecule has 2 fully saturated rings. The second-order valence-electron chi connectivity index (χ2n) is 5.39. The molecule has 2 unspecified atom stereocenters. The normalized spacial score (nSPS) is 30.1. The Labute approximate surface area is 98.4 Å². The predicted molar refractivity (Wildman–Crippen MR) is 65.2 cm³/mol. The summed E-state index contributed by atoms with van der Waals surface area (Å²) in [6.45, 7) is 4.05. The fourth-order valence-electron chi connectivity index (χ4n) is 2.55. The third-order valence-corrected chi connectivity index (χ3v) is 3.89. The largest absolute Gasteiger partial charge is 0.355 e. The van der Waals surface area contributed by atoms with Gasteiger partial charge in [-0.2, -0.15) is 0 Å². The molecule has 2 rings (SSSR count). The molecule has 2 saturated carbocycles. The second kappa shape index (κ2) is 5.67. The van der Waals surface area contributed by atoms with Gasteiger partial charge >= 0.3 is 0 Å². The van der Waals surface area contributed by atoms with E-state index in [1.54, 1.807) is 0 Å². The topological polar surface area (TPSA) is 41.1 Å². The third-order valence-electron chi connectivity index (χ3n) is 3.89. The summed E-state index contributed by atoms with van der Waals surface area (Å²) in [5, 5.41) is 6.57. The molecule has 16 heavy (non-hydrogen) atoms. The summed E-state index contributed by atoms with van der Waals surface area (Å²) in [7, 11) is 0. The quantitative estimate of drug-likeness (QED) is 0.698. The molecule has 0 bridgehead atoms. The molecule has 0 saturated heterocycles. The van der Waals surface area contributed by atoms with Gasteiger partial charge < -0.3 is 10.6 Å². The van der Waals surface area contributed by atoms with Crippen LogP contribution in [0.4, 0.5) is 0 Å². The van der Waals surface area contributed by atoms with Crippen molar-refractivity contribution in [3.63, 3.8) is 0 Å². The van der Waals surface area contributed by atoms with E-state index < -0.39 is 0 Å². The van der Waals surface area contributed by atoms with Crippen molar-refractivity contribution < 1.29 is 4.79 Å². The Morgan fingerprint density at radius 3 is 2.56 bits per heavy atom. The Hall–Kier alpha value is -0.570.